The number of aryl methyl sites for hydroxylation is 2. The number of rotatable bonds is 12. The summed E-state index contributed by atoms with van der Waals surface area (Å²) in [4.78, 5) is 28.0. The fourth-order valence-corrected chi connectivity index (χ4v) is 5.66. The third-order valence-electron chi connectivity index (χ3n) is 5.99. The van der Waals surface area contributed by atoms with Gasteiger partial charge in [-0.3, -0.25) is 13.9 Å². The molecule has 0 fully saturated rings. The van der Waals surface area contributed by atoms with Crippen LogP contribution in [0.4, 0.5) is 5.69 Å². The molecule has 0 aromatic heterocycles. The van der Waals surface area contributed by atoms with Crippen LogP contribution in [-0.2, 0) is 26.2 Å². The van der Waals surface area contributed by atoms with Crippen molar-refractivity contribution in [3.8, 4) is 0 Å². The fraction of sp³-hybridized carbons (Fsp3) is 0.481. The monoisotopic (exact) mass is 569 g/mol. The van der Waals surface area contributed by atoms with Crippen molar-refractivity contribution < 1.29 is 18.0 Å². The van der Waals surface area contributed by atoms with Crippen LogP contribution in [0.1, 0.15) is 56.7 Å². The molecule has 2 amide bonds. The fourth-order valence-electron chi connectivity index (χ4n) is 4.12. The summed E-state index contributed by atoms with van der Waals surface area (Å²) >= 11 is 12.8. The van der Waals surface area contributed by atoms with Gasteiger partial charge in [0.15, 0.2) is 0 Å². The number of hydrogen-bond acceptors (Lipinski definition) is 4. The number of sulfonamides is 1. The Morgan fingerprint density at radius 3 is 2.22 bits per heavy atom. The number of nitrogens with zero attached hydrogens (tertiary/aromatic N) is 2. The molecule has 2 rings (SSSR count). The van der Waals surface area contributed by atoms with Crippen LogP contribution in [-0.4, -0.2) is 50.0 Å². The first kappa shape index (κ1) is 30.9. The number of anilines is 1. The van der Waals surface area contributed by atoms with Crippen LogP contribution in [0.15, 0.2) is 36.4 Å². The zero-order valence-corrected chi connectivity index (χ0v) is 24.7. The van der Waals surface area contributed by atoms with E-state index in [0.717, 1.165) is 17.4 Å². The summed E-state index contributed by atoms with van der Waals surface area (Å²) in [6.07, 6.45) is 1.87. The molecule has 204 valence electrons. The van der Waals surface area contributed by atoms with Gasteiger partial charge in [-0.1, -0.05) is 48.3 Å². The largest absolute Gasteiger partial charge is 0.352 e. The molecule has 0 aliphatic heterocycles. The third-order valence-corrected chi connectivity index (χ3v) is 7.88. The first-order valence-electron chi connectivity index (χ1n) is 12.3. The summed E-state index contributed by atoms with van der Waals surface area (Å²) in [5.74, 6) is -0.543. The van der Waals surface area contributed by atoms with Gasteiger partial charge in [-0.05, 0) is 69.9 Å². The summed E-state index contributed by atoms with van der Waals surface area (Å²) < 4.78 is 26.6. The number of nitrogens with one attached hydrogen (secondary N) is 1. The van der Waals surface area contributed by atoms with Crippen LogP contribution >= 0.6 is 23.2 Å². The molecular weight excluding hydrogens is 533 g/mol. The Bertz CT molecular complexity index is 1200. The van der Waals surface area contributed by atoms with Crippen molar-refractivity contribution in [1.29, 1.82) is 0 Å². The quantitative estimate of drug-likeness (QED) is 0.366. The smallest absolute Gasteiger partial charge is 0.243 e. The summed E-state index contributed by atoms with van der Waals surface area (Å²) in [7, 11) is -3.57. The van der Waals surface area contributed by atoms with E-state index in [1.54, 1.807) is 18.2 Å². The minimum atomic E-state index is -3.57. The molecular formula is C27H37Cl2N3O4S. The Morgan fingerprint density at radius 1 is 1.05 bits per heavy atom. The van der Waals surface area contributed by atoms with Crippen LogP contribution in [0.5, 0.6) is 0 Å². The van der Waals surface area contributed by atoms with Gasteiger partial charge in [0, 0.05) is 41.2 Å². The molecule has 2 aromatic rings. The van der Waals surface area contributed by atoms with E-state index < -0.39 is 16.1 Å². The highest BCUT2D eigenvalue weighted by atomic mass is 35.5. The zero-order valence-electron chi connectivity index (χ0n) is 22.3. The molecule has 37 heavy (non-hydrogen) atoms. The number of halogens is 2. The average Bonchev–Trinajstić information content (AvgIpc) is 2.79. The topological polar surface area (TPSA) is 86.8 Å². The van der Waals surface area contributed by atoms with Crippen LogP contribution in [0.3, 0.4) is 0 Å². The Kier molecular flexibility index (Phi) is 11.3. The van der Waals surface area contributed by atoms with Crippen LogP contribution < -0.4 is 9.62 Å². The third kappa shape index (κ3) is 8.62. The molecule has 0 aliphatic rings. The molecule has 0 heterocycles. The minimum absolute atomic E-state index is 0.0460. The van der Waals surface area contributed by atoms with E-state index in [9.17, 15) is 18.0 Å². The van der Waals surface area contributed by atoms with Gasteiger partial charge < -0.3 is 10.2 Å². The highest BCUT2D eigenvalue weighted by Crippen LogP contribution is 2.28. The molecule has 0 saturated heterocycles. The van der Waals surface area contributed by atoms with Crippen LogP contribution in [0.2, 0.25) is 10.0 Å². The number of hydrogen-bond donors (Lipinski definition) is 1. The SMILES string of the molecule is CC[C@H](C(=O)NC(C)C)N(Cc1c(Cl)cccc1Cl)C(=O)CCCN(c1cc(C)ccc1C)S(C)(=O)=O. The van der Waals surface area contributed by atoms with Gasteiger partial charge in [-0.2, -0.15) is 0 Å². The standard InChI is InChI=1S/C27H37Cl2N3O4S/c1-7-24(27(34)30-18(2)3)31(17-21-22(28)10-8-11-23(21)29)26(33)12-9-15-32(37(6,35)36)25-16-19(4)13-14-20(25)5/h8,10-11,13-14,16,18,24H,7,9,12,15,17H2,1-6H3,(H,30,34)/t24-/m1/s1. The van der Waals surface area contributed by atoms with E-state index in [2.05, 4.69) is 5.32 Å². The molecule has 0 aliphatic carbocycles. The Morgan fingerprint density at radius 2 is 1.68 bits per heavy atom. The molecule has 0 radical (unpaired) electrons. The Balaban J connectivity index is 2.31. The van der Waals surface area contributed by atoms with Crippen LogP contribution in [0.25, 0.3) is 0 Å². The second kappa shape index (κ2) is 13.5. The number of amides is 2. The maximum Gasteiger partial charge on any atom is 0.243 e. The molecule has 1 N–H and O–H groups in total. The molecule has 0 saturated carbocycles. The van der Waals surface area contributed by atoms with Crippen LogP contribution in [0, 0.1) is 13.8 Å². The van der Waals surface area contributed by atoms with Crippen molar-refractivity contribution >= 4 is 50.7 Å². The molecule has 10 heteroatoms. The van der Waals surface area contributed by atoms with E-state index in [0.29, 0.717) is 27.7 Å². The van der Waals surface area contributed by atoms with E-state index in [1.165, 1.54) is 9.21 Å². The van der Waals surface area contributed by atoms with Gasteiger partial charge in [-0.15, -0.1) is 0 Å². The second-order valence-corrected chi connectivity index (χ2v) is 12.3. The lowest BCUT2D eigenvalue weighted by Gasteiger charge is -2.32. The first-order valence-corrected chi connectivity index (χ1v) is 14.9. The number of benzene rings is 2. The second-order valence-electron chi connectivity index (χ2n) is 9.54. The molecule has 2 aromatic carbocycles. The summed E-state index contributed by atoms with van der Waals surface area (Å²) in [5, 5.41) is 3.70. The first-order chi connectivity index (χ1) is 17.3. The lowest BCUT2D eigenvalue weighted by Crippen LogP contribution is -2.50. The van der Waals surface area contributed by atoms with Gasteiger partial charge in [0.1, 0.15) is 6.04 Å². The van der Waals surface area contributed by atoms with Gasteiger partial charge >= 0.3 is 0 Å². The van der Waals surface area contributed by atoms with Crippen molar-refractivity contribution in [2.75, 3.05) is 17.1 Å². The maximum absolute atomic E-state index is 13.5. The van der Waals surface area contributed by atoms with Crippen molar-refractivity contribution in [2.24, 2.45) is 0 Å². The predicted molar refractivity (Wildman–Crippen MR) is 152 cm³/mol. The summed E-state index contributed by atoms with van der Waals surface area (Å²) in [6, 6.07) is 9.90. The Hall–Kier alpha value is -2.29. The van der Waals surface area contributed by atoms with Gasteiger partial charge in [0.05, 0.1) is 11.9 Å². The maximum atomic E-state index is 13.5. The summed E-state index contributed by atoms with van der Waals surface area (Å²) in [6.45, 7) is 9.50. The predicted octanol–water partition coefficient (Wildman–Crippen LogP) is 5.49. The number of carbonyl (C=O) groups excluding carboxylic acids is 2. The zero-order chi connectivity index (χ0) is 27.9. The normalized spacial score (nSPS) is 12.4. The van der Waals surface area contributed by atoms with Crippen molar-refractivity contribution in [1.82, 2.24) is 10.2 Å². The summed E-state index contributed by atoms with van der Waals surface area (Å²) in [5.41, 5.74) is 2.92. The molecule has 7 nitrogen and oxygen atoms in total. The van der Waals surface area contributed by atoms with E-state index >= 15 is 0 Å². The van der Waals surface area contributed by atoms with E-state index in [-0.39, 0.29) is 43.8 Å². The van der Waals surface area contributed by atoms with Gasteiger partial charge in [0.2, 0.25) is 21.8 Å². The lowest BCUT2D eigenvalue weighted by atomic mass is 10.1. The average molecular weight is 571 g/mol. The highest BCUT2D eigenvalue weighted by Gasteiger charge is 2.30. The van der Waals surface area contributed by atoms with Gasteiger partial charge in [-0.25, -0.2) is 8.42 Å². The molecule has 0 bridgehead atoms. The van der Waals surface area contributed by atoms with Crippen molar-refractivity contribution in [3.05, 3.63) is 63.1 Å². The van der Waals surface area contributed by atoms with E-state index in [1.807, 2.05) is 52.8 Å². The molecule has 0 spiro atoms. The highest BCUT2D eigenvalue weighted by molar-refractivity contribution is 7.92. The van der Waals surface area contributed by atoms with E-state index in [4.69, 9.17) is 23.2 Å². The lowest BCUT2D eigenvalue weighted by molar-refractivity contribution is -0.141. The minimum Gasteiger partial charge on any atom is -0.352 e. The molecule has 0 unspecified atom stereocenters. The molecule has 1 atom stereocenters. The van der Waals surface area contributed by atoms with Crippen molar-refractivity contribution in [2.45, 2.75) is 72.5 Å². The number of carbonyl (C=O) groups is 2. The Labute approximate surface area is 231 Å². The van der Waals surface area contributed by atoms with Crippen molar-refractivity contribution in [3.63, 3.8) is 0 Å². The van der Waals surface area contributed by atoms with Gasteiger partial charge in [0.25, 0.3) is 0 Å².